The number of hydrogen-bond acceptors (Lipinski definition) is 6. The highest BCUT2D eigenvalue weighted by atomic mass is 16.3. The van der Waals surface area contributed by atoms with Gasteiger partial charge in [0.25, 0.3) is 5.91 Å². The summed E-state index contributed by atoms with van der Waals surface area (Å²) in [5.41, 5.74) is 8.82. The molecule has 0 spiro atoms. The van der Waals surface area contributed by atoms with Gasteiger partial charge in [-0.1, -0.05) is 24.3 Å². The van der Waals surface area contributed by atoms with Gasteiger partial charge in [-0.15, -0.1) is 0 Å². The van der Waals surface area contributed by atoms with Crippen LogP contribution in [-0.2, 0) is 4.79 Å². The fraction of sp³-hybridized carbons (Fsp3) is 0.318. The van der Waals surface area contributed by atoms with Gasteiger partial charge in [0.05, 0.1) is 12.2 Å². The number of allylic oxidation sites excluding steroid dienone is 3. The number of aliphatic hydroxyl groups is 1. The predicted octanol–water partition coefficient (Wildman–Crippen LogP) is 2.18. The van der Waals surface area contributed by atoms with Crippen molar-refractivity contribution in [2.24, 2.45) is 11.7 Å². The van der Waals surface area contributed by atoms with E-state index >= 15 is 0 Å². The van der Waals surface area contributed by atoms with Crippen molar-refractivity contribution >= 4 is 23.6 Å². The van der Waals surface area contributed by atoms with Crippen LogP contribution in [0.2, 0.25) is 0 Å². The first kappa shape index (κ1) is 20.5. The van der Waals surface area contributed by atoms with Crippen molar-refractivity contribution in [3.8, 4) is 0 Å². The molecule has 1 atom stereocenters. The van der Waals surface area contributed by atoms with E-state index < -0.39 is 5.92 Å². The molecule has 1 fully saturated rings. The lowest BCUT2D eigenvalue weighted by molar-refractivity contribution is -0.117. The molecule has 2 aliphatic carbocycles. The van der Waals surface area contributed by atoms with E-state index in [1.54, 1.807) is 24.3 Å². The number of nitrogens with two attached hydrogens (primary N) is 1. The maximum absolute atomic E-state index is 12.9. The van der Waals surface area contributed by atoms with Gasteiger partial charge in [-0.05, 0) is 49.5 Å². The maximum atomic E-state index is 12.9. The zero-order valence-corrected chi connectivity index (χ0v) is 16.4. The van der Waals surface area contributed by atoms with Crippen molar-refractivity contribution in [1.82, 2.24) is 5.32 Å². The van der Waals surface area contributed by atoms with E-state index in [2.05, 4.69) is 10.6 Å². The van der Waals surface area contributed by atoms with Gasteiger partial charge >= 0.3 is 0 Å². The second-order valence-corrected chi connectivity index (χ2v) is 7.38. The van der Waals surface area contributed by atoms with E-state index in [-0.39, 0.29) is 35.7 Å². The number of amides is 1. The average molecular weight is 394 g/mol. The van der Waals surface area contributed by atoms with Crippen LogP contribution in [0.15, 0.2) is 53.4 Å². The van der Waals surface area contributed by atoms with Crippen LogP contribution < -0.4 is 16.4 Å². The summed E-state index contributed by atoms with van der Waals surface area (Å²) in [5.74, 6) is -0.852. The van der Waals surface area contributed by atoms with Crippen LogP contribution in [0.4, 0.5) is 5.69 Å². The van der Waals surface area contributed by atoms with Crippen LogP contribution in [0.3, 0.4) is 0 Å². The normalized spacial score (nSPS) is 19.1. The summed E-state index contributed by atoms with van der Waals surface area (Å²) in [6.45, 7) is 1.72. The van der Waals surface area contributed by atoms with E-state index in [0.717, 1.165) is 24.6 Å². The zero-order chi connectivity index (χ0) is 21.0. The number of rotatable bonds is 8. The number of carbonyl (C=O) groups excluding carboxylic acids is 2. The highest BCUT2D eigenvalue weighted by molar-refractivity contribution is 6.15. The summed E-state index contributed by atoms with van der Waals surface area (Å²) >= 11 is 0. The third-order valence-electron chi connectivity index (χ3n) is 5.04. The maximum Gasteiger partial charge on any atom is 0.251 e. The van der Waals surface area contributed by atoms with Crippen molar-refractivity contribution in [2.75, 3.05) is 11.9 Å². The lowest BCUT2D eigenvalue weighted by Crippen LogP contribution is -2.26. The largest absolute Gasteiger partial charge is 0.392 e. The molecule has 1 aromatic carbocycles. The van der Waals surface area contributed by atoms with Crippen LogP contribution in [0.5, 0.6) is 0 Å². The van der Waals surface area contributed by atoms with Crippen LogP contribution in [-0.4, -0.2) is 35.7 Å². The average Bonchev–Trinajstić information content (AvgIpc) is 3.54. The molecular weight excluding hydrogens is 368 g/mol. The Hall–Kier alpha value is -3.19. The lowest BCUT2D eigenvalue weighted by atomic mass is 9.89. The number of anilines is 1. The van der Waals surface area contributed by atoms with Crippen LogP contribution in [0, 0.1) is 18.3 Å². The molecule has 1 amide bonds. The van der Waals surface area contributed by atoms with Gasteiger partial charge < -0.3 is 26.9 Å². The van der Waals surface area contributed by atoms with Crippen molar-refractivity contribution in [2.45, 2.75) is 32.2 Å². The minimum Gasteiger partial charge on any atom is -0.392 e. The Morgan fingerprint density at radius 1 is 1.34 bits per heavy atom. The van der Waals surface area contributed by atoms with E-state index in [0.29, 0.717) is 23.2 Å². The second kappa shape index (κ2) is 8.87. The Bertz CT molecular complexity index is 926. The topological polar surface area (TPSA) is 128 Å². The van der Waals surface area contributed by atoms with E-state index in [9.17, 15) is 14.7 Å². The number of carbonyl (C=O) groups is 2. The summed E-state index contributed by atoms with van der Waals surface area (Å²) in [7, 11) is 0. The predicted molar refractivity (Wildman–Crippen MR) is 113 cm³/mol. The first-order valence-corrected chi connectivity index (χ1v) is 9.64. The standard InChI is InChI=1S/C22H26N4O3/c1-13-5-6-16(22(29)25-17-7-8-17)10-19(13)26-21(24)18(11-23)20(28)15-4-2-3-14(9-15)12-27/h2-3,5-6,9-11,15,17,23,26-27H,4,7-8,12,24H2,1H3,(H,25,29)/b21-18+,23-11?. The summed E-state index contributed by atoms with van der Waals surface area (Å²) in [4.78, 5) is 25.2. The van der Waals surface area contributed by atoms with Gasteiger partial charge in [-0.25, -0.2) is 0 Å². The molecule has 3 rings (SSSR count). The van der Waals surface area contributed by atoms with E-state index in [1.807, 2.05) is 19.1 Å². The Kier molecular flexibility index (Phi) is 6.29. The Morgan fingerprint density at radius 3 is 2.76 bits per heavy atom. The smallest absolute Gasteiger partial charge is 0.251 e. The summed E-state index contributed by atoms with van der Waals surface area (Å²) < 4.78 is 0. The zero-order valence-electron chi connectivity index (χ0n) is 16.4. The summed E-state index contributed by atoms with van der Waals surface area (Å²) in [5, 5.41) is 22.9. The summed E-state index contributed by atoms with van der Waals surface area (Å²) in [6.07, 6.45) is 8.74. The number of hydrogen-bond donors (Lipinski definition) is 5. The molecule has 0 saturated heterocycles. The molecule has 7 heteroatoms. The quantitative estimate of drug-likeness (QED) is 0.341. The molecule has 0 radical (unpaired) electrons. The van der Waals surface area contributed by atoms with Gasteiger partial charge in [0.15, 0.2) is 5.78 Å². The van der Waals surface area contributed by atoms with Gasteiger partial charge in [0, 0.05) is 29.4 Å². The van der Waals surface area contributed by atoms with Gasteiger partial charge in [-0.3, -0.25) is 9.59 Å². The van der Waals surface area contributed by atoms with Crippen LogP contribution in [0.25, 0.3) is 0 Å². The van der Waals surface area contributed by atoms with Gasteiger partial charge in [0.1, 0.15) is 5.82 Å². The first-order chi connectivity index (χ1) is 13.9. The number of nitrogens with one attached hydrogen (secondary N) is 3. The highest BCUT2D eigenvalue weighted by Gasteiger charge is 2.25. The van der Waals surface area contributed by atoms with Crippen molar-refractivity contribution in [3.63, 3.8) is 0 Å². The molecule has 0 aliphatic heterocycles. The molecule has 7 nitrogen and oxygen atoms in total. The molecule has 29 heavy (non-hydrogen) atoms. The van der Waals surface area contributed by atoms with Crippen molar-refractivity contribution in [3.05, 3.63) is 64.5 Å². The molecule has 0 bridgehead atoms. The minimum absolute atomic E-state index is 0.0568. The monoisotopic (exact) mass is 394 g/mol. The number of ketones is 1. The fourth-order valence-electron chi connectivity index (χ4n) is 3.12. The molecule has 0 heterocycles. The Balaban J connectivity index is 1.81. The minimum atomic E-state index is -0.476. The molecule has 2 aliphatic rings. The first-order valence-electron chi connectivity index (χ1n) is 9.64. The number of benzene rings is 1. The molecule has 152 valence electrons. The Labute approximate surface area is 169 Å². The van der Waals surface area contributed by atoms with Crippen LogP contribution >= 0.6 is 0 Å². The summed E-state index contributed by atoms with van der Waals surface area (Å²) in [6, 6.07) is 5.51. The second-order valence-electron chi connectivity index (χ2n) is 7.38. The lowest BCUT2D eigenvalue weighted by Gasteiger charge is -2.18. The third-order valence-corrected chi connectivity index (χ3v) is 5.04. The molecule has 0 aromatic heterocycles. The number of aryl methyl sites for hydroxylation is 1. The van der Waals surface area contributed by atoms with Crippen LogP contribution in [0.1, 0.15) is 35.2 Å². The third kappa shape index (κ3) is 5.00. The van der Waals surface area contributed by atoms with Crippen molar-refractivity contribution < 1.29 is 14.7 Å². The van der Waals surface area contributed by atoms with Gasteiger partial charge in [-0.2, -0.15) is 0 Å². The molecule has 1 aromatic rings. The van der Waals surface area contributed by atoms with E-state index in [4.69, 9.17) is 11.1 Å². The molecule has 1 unspecified atom stereocenters. The SMILES string of the molecule is Cc1ccc(C(=O)NC2CC2)cc1N/C(N)=C(\C=N)C(=O)C1C=C(CO)C=CC1. The fourth-order valence-corrected chi connectivity index (χ4v) is 3.12. The van der Waals surface area contributed by atoms with Crippen molar-refractivity contribution in [1.29, 1.82) is 5.41 Å². The Morgan fingerprint density at radius 2 is 2.10 bits per heavy atom. The van der Waals surface area contributed by atoms with E-state index in [1.165, 1.54) is 0 Å². The van der Waals surface area contributed by atoms with Gasteiger partial charge in [0.2, 0.25) is 0 Å². The molecular formula is C22H26N4O3. The number of Topliss-reactive ketones (excluding diaryl/α,β-unsaturated/α-hetero) is 1. The highest BCUT2D eigenvalue weighted by Crippen LogP contribution is 2.24. The molecule has 6 N–H and O–H groups in total. The number of aliphatic hydroxyl groups excluding tert-OH is 1. The molecule has 1 saturated carbocycles.